The van der Waals surface area contributed by atoms with Gasteiger partial charge >= 0.3 is 0 Å². The highest BCUT2D eigenvalue weighted by atomic mass is 32.2. The van der Waals surface area contributed by atoms with Crippen LogP contribution in [0.5, 0.6) is 11.5 Å². The van der Waals surface area contributed by atoms with Gasteiger partial charge in [-0.15, -0.1) is 11.3 Å². The highest BCUT2D eigenvalue weighted by Gasteiger charge is 2.17. The zero-order chi connectivity index (χ0) is 25.1. The van der Waals surface area contributed by atoms with E-state index in [0.29, 0.717) is 28.2 Å². The quantitative estimate of drug-likeness (QED) is 0.173. The summed E-state index contributed by atoms with van der Waals surface area (Å²) in [6.07, 6.45) is 4.44. The molecule has 0 spiro atoms. The van der Waals surface area contributed by atoms with Crippen LogP contribution in [0.25, 0.3) is 22.4 Å². The van der Waals surface area contributed by atoms with E-state index < -0.39 is 23.3 Å². The Morgan fingerprint density at radius 2 is 1.69 bits per heavy atom. The van der Waals surface area contributed by atoms with Gasteiger partial charge < -0.3 is 9.46 Å². The molecule has 2 aromatic carbocycles. The van der Waals surface area contributed by atoms with Crippen LogP contribution in [0.3, 0.4) is 0 Å². The first-order valence-electron chi connectivity index (χ1n) is 10.3. The molecule has 3 heterocycles. The average molecular weight is 527 g/mol. The molecule has 0 saturated carbocycles. The van der Waals surface area contributed by atoms with E-state index in [2.05, 4.69) is 19.7 Å². The van der Waals surface area contributed by atoms with Crippen molar-refractivity contribution in [3.63, 3.8) is 0 Å². The van der Waals surface area contributed by atoms with Crippen molar-refractivity contribution < 1.29 is 22.3 Å². The van der Waals surface area contributed by atoms with E-state index in [0.717, 1.165) is 36.2 Å². The average Bonchev–Trinajstić information content (AvgIpc) is 3.41. The second-order valence-corrected chi connectivity index (χ2v) is 8.90. The zero-order valence-electron chi connectivity index (χ0n) is 18.1. The van der Waals surface area contributed by atoms with Crippen molar-refractivity contribution in [1.29, 1.82) is 0 Å². The molecule has 0 fully saturated rings. The van der Waals surface area contributed by atoms with Gasteiger partial charge in [-0.3, -0.25) is 9.97 Å². The minimum absolute atomic E-state index is 0.0205. The zero-order valence-corrected chi connectivity index (χ0v) is 19.7. The van der Waals surface area contributed by atoms with Gasteiger partial charge in [-0.1, -0.05) is 6.07 Å². The fraction of sp³-hybridized carbons (Fsp3) is 0. The molecule has 0 amide bonds. The van der Waals surface area contributed by atoms with E-state index in [1.54, 1.807) is 41.5 Å². The number of ether oxygens (including phenoxy) is 1. The van der Waals surface area contributed by atoms with Crippen LogP contribution >= 0.6 is 23.3 Å². The molecule has 0 atom stereocenters. The van der Waals surface area contributed by atoms with E-state index in [9.17, 15) is 17.6 Å². The lowest BCUT2D eigenvalue weighted by molar-refractivity contribution is 0.433. The van der Waals surface area contributed by atoms with E-state index in [-0.39, 0.29) is 16.4 Å². The molecule has 36 heavy (non-hydrogen) atoms. The number of nitrogens with zero attached hydrogens (tertiary/aromatic N) is 3. The molecular formula is C25H14F4N4OS2. The minimum Gasteiger partial charge on any atom is -0.452 e. The van der Waals surface area contributed by atoms with Crippen LogP contribution in [0, 0.1) is 23.3 Å². The van der Waals surface area contributed by atoms with Crippen LogP contribution in [-0.4, -0.2) is 15.0 Å². The van der Waals surface area contributed by atoms with Gasteiger partial charge in [-0.2, -0.15) is 0 Å². The molecule has 5 aromatic rings. The SMILES string of the molecule is Fc1ccc(-c2cc(-c3cccnc3)c(Oc3cc(F)c(SNc4cscn4)cc3F)cn2)cc1F. The Morgan fingerprint density at radius 3 is 2.44 bits per heavy atom. The highest BCUT2D eigenvalue weighted by molar-refractivity contribution is 8.00. The molecule has 0 aliphatic rings. The molecule has 1 N–H and O–H groups in total. The number of nitrogens with one attached hydrogen (secondary N) is 1. The fourth-order valence-corrected chi connectivity index (χ4v) is 4.44. The maximum atomic E-state index is 14.9. The summed E-state index contributed by atoms with van der Waals surface area (Å²) in [6.45, 7) is 0. The number of anilines is 1. The first-order chi connectivity index (χ1) is 17.5. The third-order valence-corrected chi connectivity index (χ3v) is 6.39. The standard InChI is InChI=1S/C25H14F4N4OS2/c26-17-4-3-14(6-18(17)27)21-7-16(15-2-1-5-30-10-15)23(11-31-21)34-22-8-20(29)24(9-19(22)28)36-33-25-12-35-13-32-25/h1-13,33H. The summed E-state index contributed by atoms with van der Waals surface area (Å²) in [5.74, 6) is -3.19. The molecule has 0 unspecified atom stereocenters. The second kappa shape index (κ2) is 10.3. The lowest BCUT2D eigenvalue weighted by Crippen LogP contribution is -1.97. The lowest BCUT2D eigenvalue weighted by atomic mass is 10.0. The number of aromatic nitrogens is 3. The highest BCUT2D eigenvalue weighted by Crippen LogP contribution is 2.38. The molecule has 3 aromatic heterocycles. The van der Waals surface area contributed by atoms with Crippen LogP contribution in [0.2, 0.25) is 0 Å². The van der Waals surface area contributed by atoms with E-state index in [4.69, 9.17) is 4.74 Å². The Bertz CT molecular complexity index is 1520. The smallest absolute Gasteiger partial charge is 0.167 e. The van der Waals surface area contributed by atoms with Crippen molar-refractivity contribution in [2.24, 2.45) is 0 Å². The minimum atomic E-state index is -1.02. The predicted molar refractivity (Wildman–Crippen MR) is 131 cm³/mol. The number of hydrogen-bond acceptors (Lipinski definition) is 7. The summed E-state index contributed by atoms with van der Waals surface area (Å²) in [5, 5.41) is 1.73. The Labute approximate surface area is 211 Å². The van der Waals surface area contributed by atoms with E-state index in [1.165, 1.54) is 23.6 Å². The van der Waals surface area contributed by atoms with E-state index in [1.807, 2.05) is 0 Å². The summed E-state index contributed by atoms with van der Waals surface area (Å²) in [4.78, 5) is 12.4. The van der Waals surface area contributed by atoms with Gasteiger partial charge in [0.15, 0.2) is 29.0 Å². The largest absolute Gasteiger partial charge is 0.452 e. The van der Waals surface area contributed by atoms with Crippen molar-refractivity contribution in [1.82, 2.24) is 15.0 Å². The molecular weight excluding hydrogens is 512 g/mol. The summed E-state index contributed by atoms with van der Waals surface area (Å²) in [7, 11) is 0. The van der Waals surface area contributed by atoms with Gasteiger partial charge in [0.05, 0.1) is 22.3 Å². The summed E-state index contributed by atoms with van der Waals surface area (Å²) in [6, 6.07) is 10.4. The normalized spacial score (nSPS) is 10.9. The van der Waals surface area contributed by atoms with Gasteiger partial charge in [0.25, 0.3) is 0 Å². The third-order valence-electron chi connectivity index (χ3n) is 4.96. The van der Waals surface area contributed by atoms with Crippen molar-refractivity contribution in [3.05, 3.63) is 101 Å². The monoisotopic (exact) mass is 526 g/mol. The fourth-order valence-electron chi connectivity index (χ4n) is 3.24. The van der Waals surface area contributed by atoms with Gasteiger partial charge in [-0.25, -0.2) is 22.5 Å². The lowest BCUT2D eigenvalue weighted by Gasteiger charge is -2.14. The number of rotatable bonds is 7. The molecule has 5 rings (SSSR count). The molecule has 5 nitrogen and oxygen atoms in total. The predicted octanol–water partition coefficient (Wildman–Crippen LogP) is 7.74. The Morgan fingerprint density at radius 1 is 0.806 bits per heavy atom. The second-order valence-electron chi connectivity index (χ2n) is 7.33. The van der Waals surface area contributed by atoms with Crippen LogP contribution in [0.15, 0.2) is 82.9 Å². The van der Waals surface area contributed by atoms with Crippen molar-refractivity contribution in [2.75, 3.05) is 4.72 Å². The Balaban J connectivity index is 1.48. The third kappa shape index (κ3) is 5.16. The number of hydrogen-bond donors (Lipinski definition) is 1. The first-order valence-corrected chi connectivity index (χ1v) is 12.1. The van der Waals surface area contributed by atoms with E-state index >= 15 is 0 Å². The van der Waals surface area contributed by atoms with Crippen LogP contribution in [-0.2, 0) is 0 Å². The number of thiazole rings is 1. The van der Waals surface area contributed by atoms with Crippen LogP contribution < -0.4 is 9.46 Å². The molecule has 0 saturated heterocycles. The van der Waals surface area contributed by atoms with Crippen molar-refractivity contribution in [3.8, 4) is 33.9 Å². The molecule has 180 valence electrons. The molecule has 0 aliphatic heterocycles. The topological polar surface area (TPSA) is 59.9 Å². The molecule has 0 radical (unpaired) electrons. The number of benzene rings is 2. The summed E-state index contributed by atoms with van der Waals surface area (Å²) < 4.78 is 65.4. The van der Waals surface area contributed by atoms with Gasteiger partial charge in [0.2, 0.25) is 0 Å². The van der Waals surface area contributed by atoms with Crippen molar-refractivity contribution in [2.45, 2.75) is 4.90 Å². The van der Waals surface area contributed by atoms with Gasteiger partial charge in [0.1, 0.15) is 11.6 Å². The molecule has 0 bridgehead atoms. The number of halogens is 4. The van der Waals surface area contributed by atoms with Crippen LogP contribution in [0.1, 0.15) is 0 Å². The van der Waals surface area contributed by atoms with Crippen molar-refractivity contribution >= 4 is 29.1 Å². The van der Waals surface area contributed by atoms with Gasteiger partial charge in [0, 0.05) is 40.5 Å². The Kier molecular flexibility index (Phi) is 6.83. The number of pyridine rings is 2. The van der Waals surface area contributed by atoms with Gasteiger partial charge in [-0.05, 0) is 48.3 Å². The summed E-state index contributed by atoms with van der Waals surface area (Å²) in [5.41, 5.74) is 3.31. The van der Waals surface area contributed by atoms with Crippen LogP contribution in [0.4, 0.5) is 23.4 Å². The first kappa shape index (κ1) is 23.8. The molecule has 11 heteroatoms. The maximum absolute atomic E-state index is 14.9. The Hall–Kier alpha value is -3.96. The summed E-state index contributed by atoms with van der Waals surface area (Å²) >= 11 is 2.25. The maximum Gasteiger partial charge on any atom is 0.167 e. The molecule has 0 aliphatic carbocycles.